The molecule has 1 aromatic carbocycles. The van der Waals surface area contributed by atoms with Crippen molar-refractivity contribution in [1.29, 1.82) is 0 Å². The van der Waals surface area contributed by atoms with Crippen LogP contribution in [0.25, 0.3) is 0 Å². The highest BCUT2D eigenvalue weighted by atomic mass is 16.3. The van der Waals surface area contributed by atoms with Crippen LogP contribution in [-0.2, 0) is 0 Å². The molecule has 2 atom stereocenters. The van der Waals surface area contributed by atoms with Crippen molar-refractivity contribution in [3.05, 3.63) is 29.3 Å². The van der Waals surface area contributed by atoms with Crippen LogP contribution < -0.4 is 5.32 Å². The second-order valence-electron chi connectivity index (χ2n) is 5.53. The Labute approximate surface area is 115 Å². The van der Waals surface area contributed by atoms with Gasteiger partial charge in [-0.15, -0.1) is 0 Å². The van der Waals surface area contributed by atoms with Gasteiger partial charge in [-0.1, -0.05) is 26.2 Å². The summed E-state index contributed by atoms with van der Waals surface area (Å²) in [7, 11) is 0. The number of nitrogens with one attached hydrogen (secondary N) is 1. The predicted octanol–water partition coefficient (Wildman–Crippen LogP) is 3.40. The van der Waals surface area contributed by atoms with Crippen LogP contribution in [0.3, 0.4) is 0 Å². The lowest BCUT2D eigenvalue weighted by Gasteiger charge is -2.31. The molecule has 0 aliphatic heterocycles. The lowest BCUT2D eigenvalue weighted by molar-refractivity contribution is 0.0904. The van der Waals surface area contributed by atoms with E-state index in [1.165, 1.54) is 19.3 Å². The number of aromatic hydroxyl groups is 1. The smallest absolute Gasteiger partial charge is 0.251 e. The fourth-order valence-electron chi connectivity index (χ4n) is 2.93. The topological polar surface area (TPSA) is 49.3 Å². The number of benzene rings is 1. The summed E-state index contributed by atoms with van der Waals surface area (Å²) in [4.78, 5) is 12.2. The molecule has 19 heavy (non-hydrogen) atoms. The zero-order valence-electron chi connectivity index (χ0n) is 11.8. The highest BCUT2D eigenvalue weighted by Crippen LogP contribution is 2.27. The Hall–Kier alpha value is -1.51. The van der Waals surface area contributed by atoms with E-state index in [1.54, 1.807) is 18.2 Å². The second-order valence-corrected chi connectivity index (χ2v) is 5.53. The Bertz CT molecular complexity index is 456. The lowest BCUT2D eigenvalue weighted by Crippen LogP contribution is -2.41. The van der Waals surface area contributed by atoms with Crippen LogP contribution >= 0.6 is 0 Å². The lowest BCUT2D eigenvalue weighted by atomic mass is 9.83. The molecule has 0 radical (unpaired) electrons. The van der Waals surface area contributed by atoms with E-state index in [-0.39, 0.29) is 11.7 Å². The van der Waals surface area contributed by atoms with E-state index in [2.05, 4.69) is 12.2 Å². The number of carbonyl (C=O) groups excluding carboxylic acids is 1. The molecule has 1 aromatic rings. The Balaban J connectivity index is 2.05. The van der Waals surface area contributed by atoms with Crippen molar-refractivity contribution in [3.8, 4) is 5.75 Å². The van der Waals surface area contributed by atoms with E-state index >= 15 is 0 Å². The van der Waals surface area contributed by atoms with Crippen molar-refractivity contribution in [2.75, 3.05) is 0 Å². The molecular formula is C16H23NO2. The standard InChI is InChI=1S/C16H23NO2/c1-3-12-6-4-5-7-14(12)17-16(19)13-8-9-15(18)11(2)10-13/h8-10,12,14,18H,3-7H2,1-2H3,(H,17,19). The number of carbonyl (C=O) groups is 1. The van der Waals surface area contributed by atoms with Gasteiger partial charge in [0.1, 0.15) is 5.75 Å². The highest BCUT2D eigenvalue weighted by molar-refractivity contribution is 5.94. The molecule has 1 aliphatic carbocycles. The number of aryl methyl sites for hydroxylation is 1. The summed E-state index contributed by atoms with van der Waals surface area (Å²) in [6.45, 7) is 4.00. The summed E-state index contributed by atoms with van der Waals surface area (Å²) in [6, 6.07) is 5.32. The maximum atomic E-state index is 12.2. The Morgan fingerprint density at radius 3 is 2.79 bits per heavy atom. The summed E-state index contributed by atoms with van der Waals surface area (Å²) < 4.78 is 0. The van der Waals surface area contributed by atoms with Crippen LogP contribution in [0, 0.1) is 12.8 Å². The first-order valence-corrected chi connectivity index (χ1v) is 7.22. The highest BCUT2D eigenvalue weighted by Gasteiger charge is 2.25. The first-order chi connectivity index (χ1) is 9.11. The van der Waals surface area contributed by atoms with E-state index in [4.69, 9.17) is 0 Å². The van der Waals surface area contributed by atoms with Gasteiger partial charge in [0, 0.05) is 11.6 Å². The zero-order valence-corrected chi connectivity index (χ0v) is 11.8. The van der Waals surface area contributed by atoms with E-state index in [0.717, 1.165) is 18.4 Å². The maximum Gasteiger partial charge on any atom is 0.251 e. The molecule has 0 saturated heterocycles. The van der Waals surface area contributed by atoms with Crippen LogP contribution in [0.15, 0.2) is 18.2 Å². The van der Waals surface area contributed by atoms with Crippen LogP contribution in [0.5, 0.6) is 5.75 Å². The number of phenolic OH excluding ortho intramolecular Hbond substituents is 1. The minimum atomic E-state index is -0.0200. The van der Waals surface area contributed by atoms with Crippen molar-refractivity contribution < 1.29 is 9.90 Å². The molecule has 2 N–H and O–H groups in total. The molecule has 1 amide bonds. The molecule has 104 valence electrons. The van der Waals surface area contributed by atoms with Gasteiger partial charge in [-0.05, 0) is 49.4 Å². The summed E-state index contributed by atoms with van der Waals surface area (Å²) in [5.41, 5.74) is 1.37. The summed E-state index contributed by atoms with van der Waals surface area (Å²) >= 11 is 0. The third kappa shape index (κ3) is 3.28. The summed E-state index contributed by atoms with van der Waals surface area (Å²) in [5, 5.41) is 12.7. The van der Waals surface area contributed by atoms with Crippen LogP contribution in [-0.4, -0.2) is 17.1 Å². The van der Waals surface area contributed by atoms with Crippen molar-refractivity contribution >= 4 is 5.91 Å². The molecule has 0 spiro atoms. The molecule has 3 heteroatoms. The van der Waals surface area contributed by atoms with Gasteiger partial charge in [0.25, 0.3) is 5.91 Å². The summed E-state index contributed by atoms with van der Waals surface area (Å²) in [5.74, 6) is 0.824. The minimum Gasteiger partial charge on any atom is -0.508 e. The molecule has 0 aromatic heterocycles. The van der Waals surface area contributed by atoms with Gasteiger partial charge < -0.3 is 10.4 Å². The van der Waals surface area contributed by atoms with Crippen molar-refractivity contribution in [2.24, 2.45) is 5.92 Å². The van der Waals surface area contributed by atoms with E-state index in [9.17, 15) is 9.90 Å². The van der Waals surface area contributed by atoms with Gasteiger partial charge in [-0.3, -0.25) is 4.79 Å². The van der Waals surface area contributed by atoms with Gasteiger partial charge in [-0.25, -0.2) is 0 Å². The third-order valence-corrected chi connectivity index (χ3v) is 4.21. The molecule has 3 nitrogen and oxygen atoms in total. The third-order valence-electron chi connectivity index (χ3n) is 4.21. The first kappa shape index (κ1) is 13.9. The molecule has 2 unspecified atom stereocenters. The molecule has 2 rings (SSSR count). The van der Waals surface area contributed by atoms with Gasteiger partial charge in [0.15, 0.2) is 0 Å². The number of phenols is 1. The normalized spacial score (nSPS) is 23.1. The first-order valence-electron chi connectivity index (χ1n) is 7.22. The second kappa shape index (κ2) is 6.09. The number of rotatable bonds is 3. The van der Waals surface area contributed by atoms with E-state index in [1.807, 2.05) is 6.92 Å². The molecule has 1 aliphatic rings. The molecule has 1 saturated carbocycles. The molecule has 0 heterocycles. The summed E-state index contributed by atoms with van der Waals surface area (Å²) in [6.07, 6.45) is 5.91. The Kier molecular flexibility index (Phi) is 4.46. The fourth-order valence-corrected chi connectivity index (χ4v) is 2.93. The van der Waals surface area contributed by atoms with Crippen LogP contribution in [0.1, 0.15) is 54.9 Å². The monoisotopic (exact) mass is 261 g/mol. The average Bonchev–Trinajstić information content (AvgIpc) is 2.42. The van der Waals surface area contributed by atoms with Gasteiger partial charge in [0.2, 0.25) is 0 Å². The average molecular weight is 261 g/mol. The maximum absolute atomic E-state index is 12.2. The van der Waals surface area contributed by atoms with Crippen LogP contribution in [0.4, 0.5) is 0 Å². The van der Waals surface area contributed by atoms with E-state index < -0.39 is 0 Å². The number of hydrogen-bond donors (Lipinski definition) is 2. The molecule has 1 fully saturated rings. The minimum absolute atomic E-state index is 0.0200. The SMILES string of the molecule is CCC1CCCCC1NC(=O)c1ccc(O)c(C)c1. The zero-order chi connectivity index (χ0) is 13.8. The Morgan fingerprint density at radius 1 is 1.37 bits per heavy atom. The van der Waals surface area contributed by atoms with Crippen LogP contribution in [0.2, 0.25) is 0 Å². The van der Waals surface area contributed by atoms with Gasteiger partial charge >= 0.3 is 0 Å². The largest absolute Gasteiger partial charge is 0.508 e. The van der Waals surface area contributed by atoms with Crippen molar-refractivity contribution in [3.63, 3.8) is 0 Å². The number of hydrogen-bond acceptors (Lipinski definition) is 2. The molecule has 0 bridgehead atoms. The quantitative estimate of drug-likeness (QED) is 0.876. The van der Waals surface area contributed by atoms with Crippen molar-refractivity contribution in [2.45, 2.75) is 52.0 Å². The fraction of sp³-hybridized carbons (Fsp3) is 0.562. The van der Waals surface area contributed by atoms with Gasteiger partial charge in [-0.2, -0.15) is 0 Å². The van der Waals surface area contributed by atoms with Crippen molar-refractivity contribution in [1.82, 2.24) is 5.32 Å². The Morgan fingerprint density at radius 2 is 2.11 bits per heavy atom. The molecular weight excluding hydrogens is 238 g/mol. The number of amides is 1. The van der Waals surface area contributed by atoms with E-state index in [0.29, 0.717) is 17.5 Å². The van der Waals surface area contributed by atoms with Gasteiger partial charge in [0.05, 0.1) is 0 Å². The predicted molar refractivity (Wildman–Crippen MR) is 76.3 cm³/mol.